The molecule has 1 aromatic rings. The molecule has 1 aliphatic rings. The van der Waals surface area contributed by atoms with E-state index in [9.17, 15) is 9.90 Å². The van der Waals surface area contributed by atoms with Crippen LogP contribution < -0.4 is 0 Å². The molecule has 2 rings (SSSR count). The van der Waals surface area contributed by atoms with E-state index in [4.69, 9.17) is 4.74 Å². The summed E-state index contributed by atoms with van der Waals surface area (Å²) in [6.45, 7) is 4.24. The Hall–Kier alpha value is -0.950. The van der Waals surface area contributed by atoms with Crippen LogP contribution in [0.5, 0.6) is 0 Å². The van der Waals surface area contributed by atoms with Crippen molar-refractivity contribution in [2.75, 3.05) is 46.9 Å². The summed E-state index contributed by atoms with van der Waals surface area (Å²) in [5, 5.41) is 10.7. The van der Waals surface area contributed by atoms with Gasteiger partial charge in [-0.1, -0.05) is 34.1 Å². The van der Waals surface area contributed by atoms with Gasteiger partial charge >= 0.3 is 5.97 Å². The number of likely N-dealkylation sites (N-methyl/N-ethyl adjacent to an activating group) is 1. The van der Waals surface area contributed by atoms with Crippen LogP contribution in [0.25, 0.3) is 0 Å². The van der Waals surface area contributed by atoms with Gasteiger partial charge in [0, 0.05) is 37.2 Å². The minimum Gasteiger partial charge on any atom is -0.469 e. The molecule has 0 spiro atoms. The second-order valence-corrected chi connectivity index (χ2v) is 6.55. The average Bonchev–Trinajstić information content (AvgIpc) is 2.53. The van der Waals surface area contributed by atoms with E-state index in [-0.39, 0.29) is 5.97 Å². The summed E-state index contributed by atoms with van der Waals surface area (Å²) >= 11 is 3.44. The van der Waals surface area contributed by atoms with E-state index in [1.54, 1.807) is 0 Å². The number of benzene rings is 1. The fraction of sp³-hybridized carbons (Fsp3) is 0.562. The van der Waals surface area contributed by atoms with Crippen LogP contribution in [0.2, 0.25) is 0 Å². The summed E-state index contributed by atoms with van der Waals surface area (Å²) in [5.74, 6) is -0.964. The van der Waals surface area contributed by atoms with E-state index in [0.717, 1.165) is 30.7 Å². The lowest BCUT2D eigenvalue weighted by atomic mass is 9.95. The molecule has 0 radical (unpaired) electrons. The van der Waals surface area contributed by atoms with Gasteiger partial charge in [-0.15, -0.1) is 0 Å². The molecule has 6 heteroatoms. The van der Waals surface area contributed by atoms with Gasteiger partial charge in [0.05, 0.1) is 19.1 Å². The molecule has 122 valence electrons. The Morgan fingerprint density at radius 1 is 1.32 bits per heavy atom. The molecule has 0 saturated carbocycles. The third-order valence-corrected chi connectivity index (χ3v) is 4.88. The number of aliphatic hydroxyl groups excluding tert-OH is 1. The maximum Gasteiger partial charge on any atom is 0.312 e. The Balaban J connectivity index is 2.12. The van der Waals surface area contributed by atoms with Crippen LogP contribution in [-0.4, -0.2) is 67.8 Å². The molecule has 1 N–H and O–H groups in total. The normalized spacial score (nSPS) is 19.6. The number of carbonyl (C=O) groups excluding carboxylic acids is 1. The van der Waals surface area contributed by atoms with Crippen LogP contribution in [0.1, 0.15) is 11.7 Å². The number of hydrogen-bond acceptors (Lipinski definition) is 5. The van der Waals surface area contributed by atoms with Gasteiger partial charge in [0.1, 0.15) is 0 Å². The Kier molecular flexibility index (Phi) is 6.37. The lowest BCUT2D eigenvalue weighted by Gasteiger charge is -2.35. The molecule has 0 amide bonds. The smallest absolute Gasteiger partial charge is 0.312 e. The summed E-state index contributed by atoms with van der Waals surface area (Å²) in [6, 6.07) is 7.43. The molecule has 1 heterocycles. The number of piperazine rings is 1. The highest BCUT2D eigenvalue weighted by atomic mass is 79.9. The monoisotopic (exact) mass is 370 g/mol. The van der Waals surface area contributed by atoms with E-state index in [0.29, 0.717) is 12.1 Å². The Morgan fingerprint density at radius 2 is 1.95 bits per heavy atom. The Labute approximate surface area is 140 Å². The lowest BCUT2D eigenvalue weighted by molar-refractivity contribution is -0.151. The van der Waals surface area contributed by atoms with Crippen molar-refractivity contribution in [3.05, 3.63) is 34.3 Å². The highest BCUT2D eigenvalue weighted by Crippen LogP contribution is 2.30. The van der Waals surface area contributed by atoms with Crippen LogP contribution in [0.3, 0.4) is 0 Å². The van der Waals surface area contributed by atoms with Crippen molar-refractivity contribution in [2.24, 2.45) is 5.92 Å². The first-order valence-corrected chi connectivity index (χ1v) is 8.23. The molecular weight excluding hydrogens is 348 g/mol. The van der Waals surface area contributed by atoms with Crippen LogP contribution in [0.4, 0.5) is 0 Å². The number of carbonyl (C=O) groups is 1. The fourth-order valence-electron chi connectivity index (χ4n) is 2.69. The number of nitrogens with zero attached hydrogens (tertiary/aromatic N) is 2. The minimum absolute atomic E-state index is 0.373. The van der Waals surface area contributed by atoms with E-state index in [1.807, 2.05) is 24.3 Å². The first-order chi connectivity index (χ1) is 10.5. The number of halogens is 1. The topological polar surface area (TPSA) is 53.0 Å². The SMILES string of the molecule is COC(=O)C(CN1CCN(C)CC1)C(O)c1ccccc1Br. The van der Waals surface area contributed by atoms with E-state index < -0.39 is 12.0 Å². The molecular formula is C16H23BrN2O3. The molecule has 1 aliphatic heterocycles. The number of rotatable bonds is 5. The third kappa shape index (κ3) is 4.29. The molecule has 1 saturated heterocycles. The quantitative estimate of drug-likeness (QED) is 0.796. The standard InChI is InChI=1S/C16H23BrN2O3/c1-18-7-9-19(10-8-18)11-13(16(21)22-2)15(20)12-5-3-4-6-14(12)17/h3-6,13,15,20H,7-11H2,1-2H3. The predicted molar refractivity (Wildman–Crippen MR) is 88.5 cm³/mol. The lowest BCUT2D eigenvalue weighted by Crippen LogP contribution is -2.48. The second-order valence-electron chi connectivity index (χ2n) is 5.70. The van der Waals surface area contributed by atoms with Crippen molar-refractivity contribution in [3.8, 4) is 0 Å². The van der Waals surface area contributed by atoms with Crippen molar-refractivity contribution in [2.45, 2.75) is 6.10 Å². The number of methoxy groups -OCH3 is 1. The van der Waals surface area contributed by atoms with Crippen molar-refractivity contribution < 1.29 is 14.6 Å². The zero-order valence-electron chi connectivity index (χ0n) is 13.0. The highest BCUT2D eigenvalue weighted by Gasteiger charge is 2.32. The Morgan fingerprint density at radius 3 is 2.55 bits per heavy atom. The fourth-order valence-corrected chi connectivity index (χ4v) is 3.21. The van der Waals surface area contributed by atoms with Gasteiger partial charge in [0.25, 0.3) is 0 Å². The van der Waals surface area contributed by atoms with Gasteiger partial charge in [-0.25, -0.2) is 0 Å². The van der Waals surface area contributed by atoms with Gasteiger partial charge in [-0.05, 0) is 18.7 Å². The summed E-state index contributed by atoms with van der Waals surface area (Å²) in [5.41, 5.74) is 0.715. The first kappa shape index (κ1) is 17.4. The summed E-state index contributed by atoms with van der Waals surface area (Å²) in [4.78, 5) is 16.6. The molecule has 5 nitrogen and oxygen atoms in total. The summed E-state index contributed by atoms with van der Waals surface area (Å²) in [6.07, 6.45) is -0.886. The van der Waals surface area contributed by atoms with Crippen molar-refractivity contribution in [1.29, 1.82) is 0 Å². The van der Waals surface area contributed by atoms with Crippen molar-refractivity contribution in [3.63, 3.8) is 0 Å². The van der Waals surface area contributed by atoms with Gasteiger partial charge in [0.2, 0.25) is 0 Å². The zero-order valence-corrected chi connectivity index (χ0v) is 14.6. The molecule has 2 atom stereocenters. The molecule has 0 aromatic heterocycles. The maximum absolute atomic E-state index is 12.1. The van der Waals surface area contributed by atoms with Gasteiger partial charge < -0.3 is 14.7 Å². The minimum atomic E-state index is -0.886. The van der Waals surface area contributed by atoms with Crippen LogP contribution in [0.15, 0.2) is 28.7 Å². The zero-order chi connectivity index (χ0) is 16.1. The van der Waals surface area contributed by atoms with Gasteiger partial charge in [0.15, 0.2) is 0 Å². The highest BCUT2D eigenvalue weighted by molar-refractivity contribution is 9.10. The van der Waals surface area contributed by atoms with E-state index in [1.165, 1.54) is 7.11 Å². The molecule has 2 unspecified atom stereocenters. The molecule has 1 fully saturated rings. The van der Waals surface area contributed by atoms with E-state index in [2.05, 4.69) is 32.8 Å². The summed E-state index contributed by atoms with van der Waals surface area (Å²) < 4.78 is 5.71. The molecule has 22 heavy (non-hydrogen) atoms. The number of esters is 1. The number of aliphatic hydroxyl groups is 1. The van der Waals surface area contributed by atoms with Crippen LogP contribution in [0, 0.1) is 5.92 Å². The molecule has 0 aliphatic carbocycles. The van der Waals surface area contributed by atoms with Crippen molar-refractivity contribution >= 4 is 21.9 Å². The van der Waals surface area contributed by atoms with Crippen LogP contribution >= 0.6 is 15.9 Å². The average molecular weight is 371 g/mol. The first-order valence-electron chi connectivity index (χ1n) is 7.44. The molecule has 1 aromatic carbocycles. The second kappa shape index (κ2) is 8.06. The summed E-state index contributed by atoms with van der Waals surface area (Å²) in [7, 11) is 3.46. The van der Waals surface area contributed by atoms with Gasteiger partial charge in [-0.3, -0.25) is 9.69 Å². The van der Waals surface area contributed by atoms with Gasteiger partial charge in [-0.2, -0.15) is 0 Å². The number of hydrogen-bond donors (Lipinski definition) is 1. The van der Waals surface area contributed by atoms with E-state index >= 15 is 0 Å². The Bertz CT molecular complexity index is 504. The maximum atomic E-state index is 12.1. The third-order valence-electron chi connectivity index (χ3n) is 4.16. The van der Waals surface area contributed by atoms with Crippen LogP contribution in [-0.2, 0) is 9.53 Å². The van der Waals surface area contributed by atoms with Crippen molar-refractivity contribution in [1.82, 2.24) is 9.80 Å². The largest absolute Gasteiger partial charge is 0.469 e. The number of ether oxygens (including phenoxy) is 1. The predicted octanol–water partition coefficient (Wildman–Crippen LogP) is 1.52. The molecule has 0 bridgehead atoms.